The van der Waals surface area contributed by atoms with Gasteiger partial charge >= 0.3 is 12.5 Å². The highest BCUT2D eigenvalue weighted by Crippen LogP contribution is 2.35. The predicted octanol–water partition coefficient (Wildman–Crippen LogP) is 3.91. The van der Waals surface area contributed by atoms with E-state index >= 15 is 0 Å². The van der Waals surface area contributed by atoms with Gasteiger partial charge in [-0.2, -0.15) is 13.2 Å². The normalized spacial score (nSPS) is 22.8. The quantitative estimate of drug-likeness (QED) is 0.654. The number of ether oxygens (including phenoxy) is 1. The van der Waals surface area contributed by atoms with E-state index in [-0.39, 0.29) is 5.03 Å². The van der Waals surface area contributed by atoms with Gasteiger partial charge in [-0.05, 0) is 12.2 Å². The Morgan fingerprint density at radius 2 is 1.75 bits per heavy atom. The van der Waals surface area contributed by atoms with E-state index in [1.807, 2.05) is 0 Å². The molecule has 1 aliphatic carbocycles. The van der Waals surface area contributed by atoms with Crippen LogP contribution in [0.2, 0.25) is 0 Å². The number of alkyl halides is 6. The van der Waals surface area contributed by atoms with E-state index < -0.39 is 30.6 Å². The molecular formula is C8H5ClF6O. The van der Waals surface area contributed by atoms with E-state index in [9.17, 15) is 26.3 Å². The van der Waals surface area contributed by atoms with Crippen LogP contribution >= 0.6 is 11.6 Å². The molecule has 0 amide bonds. The van der Waals surface area contributed by atoms with Gasteiger partial charge in [-0.3, -0.25) is 4.74 Å². The Bertz CT molecular complexity index is 326. The molecule has 8 heteroatoms. The Labute approximate surface area is 91.3 Å². The van der Waals surface area contributed by atoms with Crippen molar-refractivity contribution < 1.29 is 31.1 Å². The molecule has 0 bridgehead atoms. The van der Waals surface area contributed by atoms with Crippen molar-refractivity contribution in [3.05, 3.63) is 22.8 Å². The van der Waals surface area contributed by atoms with Gasteiger partial charge < -0.3 is 0 Å². The highest BCUT2D eigenvalue weighted by Gasteiger charge is 2.38. The van der Waals surface area contributed by atoms with Crippen molar-refractivity contribution in [2.75, 3.05) is 0 Å². The number of halogens is 7. The van der Waals surface area contributed by atoms with Gasteiger partial charge in [0.05, 0.1) is 11.7 Å². The molecule has 0 aromatic heterocycles. The Balaban J connectivity index is 2.86. The molecule has 0 radical (unpaired) electrons. The minimum absolute atomic E-state index is 0.330. The van der Waals surface area contributed by atoms with Crippen molar-refractivity contribution in [2.45, 2.75) is 25.1 Å². The smallest absolute Gasteiger partial charge is 0.284 e. The third kappa shape index (κ3) is 4.05. The van der Waals surface area contributed by atoms with Gasteiger partial charge in [0.2, 0.25) is 0 Å². The third-order valence-corrected chi connectivity index (χ3v) is 1.95. The van der Waals surface area contributed by atoms with Gasteiger partial charge in [0.25, 0.3) is 0 Å². The zero-order chi connectivity index (χ0) is 12.6. The average molecular weight is 267 g/mol. The van der Waals surface area contributed by atoms with Crippen LogP contribution in [0.4, 0.5) is 26.3 Å². The minimum Gasteiger partial charge on any atom is -0.284 e. The van der Waals surface area contributed by atoms with Gasteiger partial charge in [-0.1, -0.05) is 11.6 Å². The van der Waals surface area contributed by atoms with Crippen LogP contribution in [0.3, 0.4) is 0 Å². The highest BCUT2D eigenvalue weighted by molar-refractivity contribution is 6.29. The van der Waals surface area contributed by atoms with Crippen molar-refractivity contribution in [1.82, 2.24) is 0 Å². The van der Waals surface area contributed by atoms with Crippen LogP contribution in [0.25, 0.3) is 0 Å². The van der Waals surface area contributed by atoms with Crippen LogP contribution in [-0.4, -0.2) is 18.6 Å². The number of hydrogen-bond acceptors (Lipinski definition) is 1. The van der Waals surface area contributed by atoms with Crippen molar-refractivity contribution in [3.8, 4) is 0 Å². The van der Waals surface area contributed by atoms with E-state index in [4.69, 9.17) is 11.6 Å². The molecule has 0 aromatic carbocycles. The summed E-state index contributed by atoms with van der Waals surface area (Å²) in [6.07, 6.45) is -11.0. The summed E-state index contributed by atoms with van der Waals surface area (Å²) in [7, 11) is 0. The van der Waals surface area contributed by atoms with Crippen molar-refractivity contribution >= 4 is 11.6 Å². The minimum atomic E-state index is -4.99. The maximum atomic E-state index is 12.2. The maximum absolute atomic E-state index is 12.2. The van der Waals surface area contributed by atoms with Crippen molar-refractivity contribution in [2.24, 2.45) is 0 Å². The molecular weight excluding hydrogens is 262 g/mol. The molecule has 0 fully saturated rings. The predicted molar refractivity (Wildman–Crippen MR) is 43.6 cm³/mol. The zero-order valence-corrected chi connectivity index (χ0v) is 8.25. The lowest BCUT2D eigenvalue weighted by molar-refractivity contribution is -0.336. The Kier molecular flexibility index (Phi) is 3.59. The molecule has 1 nitrogen and oxygen atoms in total. The second-order valence-electron chi connectivity index (χ2n) is 3.02. The second-order valence-corrected chi connectivity index (χ2v) is 3.50. The van der Waals surface area contributed by atoms with Crippen LogP contribution in [-0.2, 0) is 4.74 Å². The summed E-state index contributed by atoms with van der Waals surface area (Å²) in [6.45, 7) is 0. The maximum Gasteiger partial charge on any atom is 0.523 e. The van der Waals surface area contributed by atoms with E-state index in [2.05, 4.69) is 4.74 Å². The van der Waals surface area contributed by atoms with Gasteiger partial charge in [0.15, 0.2) is 0 Å². The average Bonchev–Trinajstić information content (AvgIpc) is 1.97. The summed E-state index contributed by atoms with van der Waals surface area (Å²) in [5.74, 6) is 0. The summed E-state index contributed by atoms with van der Waals surface area (Å²) in [5.41, 5.74) is -1.24. The SMILES string of the molecule is FC(F)(F)OC1C=C(C(F)(F)F)C=C(Cl)C1. The largest absolute Gasteiger partial charge is 0.523 e. The number of rotatable bonds is 1. The molecule has 0 N–H and O–H groups in total. The highest BCUT2D eigenvalue weighted by atomic mass is 35.5. The molecule has 92 valence electrons. The first-order chi connectivity index (χ1) is 7.08. The third-order valence-electron chi connectivity index (χ3n) is 1.69. The second kappa shape index (κ2) is 4.29. The molecule has 1 atom stereocenters. The van der Waals surface area contributed by atoms with Crippen molar-refractivity contribution in [3.63, 3.8) is 0 Å². The Hall–Kier alpha value is -0.690. The molecule has 1 rings (SSSR count). The topological polar surface area (TPSA) is 9.23 Å². The van der Waals surface area contributed by atoms with E-state index in [0.29, 0.717) is 12.2 Å². The molecule has 0 saturated heterocycles. The lowest BCUT2D eigenvalue weighted by Gasteiger charge is -2.21. The molecule has 0 spiro atoms. The monoisotopic (exact) mass is 266 g/mol. The van der Waals surface area contributed by atoms with E-state index in [1.54, 1.807) is 0 Å². The lowest BCUT2D eigenvalue weighted by Crippen LogP contribution is -2.26. The Morgan fingerprint density at radius 1 is 1.19 bits per heavy atom. The first kappa shape index (κ1) is 13.4. The molecule has 0 aromatic rings. The van der Waals surface area contributed by atoms with Crippen LogP contribution in [0, 0.1) is 0 Å². The summed E-state index contributed by atoms with van der Waals surface area (Å²) < 4.78 is 75.5. The van der Waals surface area contributed by atoms with Crippen LogP contribution in [0.15, 0.2) is 22.8 Å². The molecule has 1 unspecified atom stereocenters. The molecule has 1 aliphatic rings. The zero-order valence-electron chi connectivity index (χ0n) is 7.49. The summed E-state index contributed by atoms with van der Waals surface area (Å²) in [6, 6.07) is 0. The first-order valence-electron chi connectivity index (χ1n) is 3.97. The standard InChI is InChI=1S/C8H5ClF6O/c9-5-1-4(7(10,11)12)2-6(3-5)16-8(13,14)15/h1-2,6H,3H2. The van der Waals surface area contributed by atoms with Gasteiger partial charge in [0, 0.05) is 11.5 Å². The van der Waals surface area contributed by atoms with E-state index in [0.717, 1.165) is 0 Å². The molecule has 0 saturated carbocycles. The van der Waals surface area contributed by atoms with E-state index in [1.165, 1.54) is 0 Å². The fourth-order valence-electron chi connectivity index (χ4n) is 1.15. The number of hydrogen-bond donors (Lipinski definition) is 0. The van der Waals surface area contributed by atoms with Gasteiger partial charge in [-0.25, -0.2) is 0 Å². The van der Waals surface area contributed by atoms with Crippen LogP contribution in [0.1, 0.15) is 6.42 Å². The van der Waals surface area contributed by atoms with Crippen LogP contribution in [0.5, 0.6) is 0 Å². The molecule has 16 heavy (non-hydrogen) atoms. The summed E-state index contributed by atoms with van der Waals surface area (Å²) >= 11 is 5.31. The van der Waals surface area contributed by atoms with Crippen LogP contribution < -0.4 is 0 Å². The Morgan fingerprint density at radius 3 is 2.19 bits per heavy atom. The fraction of sp³-hybridized carbons (Fsp3) is 0.500. The lowest BCUT2D eigenvalue weighted by atomic mass is 10.0. The summed E-state index contributed by atoms with van der Waals surface area (Å²) in [5, 5.41) is -0.330. The fourth-order valence-corrected chi connectivity index (χ4v) is 1.42. The van der Waals surface area contributed by atoms with Crippen molar-refractivity contribution in [1.29, 1.82) is 0 Å². The molecule has 0 aliphatic heterocycles. The first-order valence-corrected chi connectivity index (χ1v) is 4.35. The summed E-state index contributed by atoms with van der Waals surface area (Å²) in [4.78, 5) is 0. The van der Waals surface area contributed by atoms with Gasteiger partial charge in [0.1, 0.15) is 0 Å². The van der Waals surface area contributed by atoms with Gasteiger partial charge in [-0.15, -0.1) is 13.2 Å². The number of allylic oxidation sites excluding steroid dienone is 2. The molecule has 0 heterocycles.